The van der Waals surface area contributed by atoms with Crippen molar-refractivity contribution in [2.24, 2.45) is 11.7 Å². The Morgan fingerprint density at radius 2 is 1.92 bits per heavy atom. The lowest BCUT2D eigenvalue weighted by Gasteiger charge is -2.34. The fraction of sp³-hybridized carbons (Fsp3) is 0.556. The summed E-state index contributed by atoms with van der Waals surface area (Å²) >= 11 is 0. The first-order chi connectivity index (χ1) is 11.5. The minimum Gasteiger partial charge on any atom is -0.445 e. The van der Waals surface area contributed by atoms with Crippen LogP contribution in [0.4, 0.5) is 4.79 Å². The molecule has 1 atom stereocenters. The molecule has 0 bridgehead atoms. The average Bonchev–Trinajstić information content (AvgIpc) is 2.60. The highest BCUT2D eigenvalue weighted by Crippen LogP contribution is 2.19. The average molecular weight is 333 g/mol. The van der Waals surface area contributed by atoms with Gasteiger partial charge < -0.3 is 20.3 Å². The van der Waals surface area contributed by atoms with Gasteiger partial charge in [-0.3, -0.25) is 4.79 Å². The number of ether oxygens (including phenoxy) is 1. The number of nitrogens with zero attached hydrogens (tertiary/aromatic N) is 2. The monoisotopic (exact) mass is 333 g/mol. The van der Waals surface area contributed by atoms with Crippen molar-refractivity contribution in [1.82, 2.24) is 9.80 Å². The summed E-state index contributed by atoms with van der Waals surface area (Å²) < 4.78 is 5.33. The van der Waals surface area contributed by atoms with Gasteiger partial charge in [-0.15, -0.1) is 0 Å². The summed E-state index contributed by atoms with van der Waals surface area (Å²) in [5.74, 6) is 0.389. The summed E-state index contributed by atoms with van der Waals surface area (Å²) in [7, 11) is 1.76. The van der Waals surface area contributed by atoms with Crippen LogP contribution in [-0.2, 0) is 16.1 Å². The number of hydrogen-bond donors (Lipinski definition) is 1. The summed E-state index contributed by atoms with van der Waals surface area (Å²) in [5.41, 5.74) is 6.62. The van der Waals surface area contributed by atoms with E-state index in [1.165, 1.54) is 0 Å². The molecule has 1 saturated heterocycles. The van der Waals surface area contributed by atoms with Gasteiger partial charge in [0.2, 0.25) is 5.91 Å². The van der Waals surface area contributed by atoms with Gasteiger partial charge in [-0.1, -0.05) is 30.3 Å². The molecular formula is C18H27N3O3. The molecule has 2 N–H and O–H groups in total. The van der Waals surface area contributed by atoms with E-state index in [0.29, 0.717) is 25.6 Å². The largest absolute Gasteiger partial charge is 0.445 e. The third-order valence-corrected chi connectivity index (χ3v) is 4.36. The number of carbonyl (C=O) groups excluding carboxylic acids is 2. The Hall–Kier alpha value is -2.08. The molecule has 0 aliphatic carbocycles. The minimum atomic E-state index is -0.447. The molecule has 0 radical (unpaired) electrons. The summed E-state index contributed by atoms with van der Waals surface area (Å²) in [4.78, 5) is 27.4. The Bertz CT molecular complexity index is 540. The van der Waals surface area contributed by atoms with Crippen molar-refractivity contribution >= 4 is 12.0 Å². The number of rotatable bonds is 5. The number of hydrogen-bond acceptors (Lipinski definition) is 4. The molecule has 1 aliphatic heterocycles. The van der Waals surface area contributed by atoms with Crippen LogP contribution in [-0.4, -0.2) is 54.5 Å². The van der Waals surface area contributed by atoms with Crippen molar-refractivity contribution in [2.45, 2.75) is 32.4 Å². The molecule has 0 spiro atoms. The molecule has 1 aromatic rings. The summed E-state index contributed by atoms with van der Waals surface area (Å²) in [6.07, 6.45) is 1.46. The van der Waals surface area contributed by atoms with E-state index in [2.05, 4.69) is 0 Å². The van der Waals surface area contributed by atoms with Crippen molar-refractivity contribution in [2.75, 3.05) is 26.7 Å². The van der Waals surface area contributed by atoms with Crippen LogP contribution in [0.2, 0.25) is 0 Å². The number of carbonyl (C=O) groups is 2. The van der Waals surface area contributed by atoms with E-state index < -0.39 is 6.04 Å². The summed E-state index contributed by atoms with van der Waals surface area (Å²) in [6, 6.07) is 9.18. The maximum atomic E-state index is 12.1. The van der Waals surface area contributed by atoms with Crippen molar-refractivity contribution in [3.8, 4) is 0 Å². The molecule has 1 aliphatic rings. The fourth-order valence-electron chi connectivity index (χ4n) is 2.92. The highest BCUT2D eigenvalue weighted by atomic mass is 16.6. The maximum Gasteiger partial charge on any atom is 0.409 e. The highest BCUT2D eigenvalue weighted by Gasteiger charge is 2.26. The van der Waals surface area contributed by atoms with Crippen LogP contribution in [0.25, 0.3) is 0 Å². The van der Waals surface area contributed by atoms with Gasteiger partial charge in [0.05, 0.1) is 6.04 Å². The third-order valence-electron chi connectivity index (χ3n) is 4.36. The van der Waals surface area contributed by atoms with Crippen LogP contribution >= 0.6 is 0 Å². The van der Waals surface area contributed by atoms with Gasteiger partial charge in [0.1, 0.15) is 6.61 Å². The quantitative estimate of drug-likeness (QED) is 0.892. The van der Waals surface area contributed by atoms with Crippen LogP contribution in [0.5, 0.6) is 0 Å². The predicted molar refractivity (Wildman–Crippen MR) is 92.2 cm³/mol. The Balaban J connectivity index is 1.71. The van der Waals surface area contributed by atoms with E-state index in [1.54, 1.807) is 18.9 Å². The zero-order valence-electron chi connectivity index (χ0n) is 14.5. The number of nitrogens with two attached hydrogens (primary N) is 1. The van der Waals surface area contributed by atoms with Gasteiger partial charge >= 0.3 is 6.09 Å². The number of likely N-dealkylation sites (tertiary alicyclic amines) is 1. The molecule has 2 amide bonds. The second kappa shape index (κ2) is 8.68. The van der Waals surface area contributed by atoms with Crippen molar-refractivity contribution in [3.63, 3.8) is 0 Å². The number of piperidine rings is 1. The second-order valence-corrected chi connectivity index (χ2v) is 6.48. The van der Waals surface area contributed by atoms with E-state index in [4.69, 9.17) is 10.5 Å². The molecule has 1 fully saturated rings. The van der Waals surface area contributed by atoms with Crippen LogP contribution in [0.3, 0.4) is 0 Å². The number of amides is 2. The van der Waals surface area contributed by atoms with E-state index in [1.807, 2.05) is 35.2 Å². The Morgan fingerprint density at radius 1 is 1.29 bits per heavy atom. The zero-order chi connectivity index (χ0) is 17.5. The SMILES string of the molecule is CC(N)C(=O)N1CCC(CN(C)C(=O)OCc2ccccc2)CC1. The van der Waals surface area contributed by atoms with Gasteiger partial charge in [0.15, 0.2) is 0 Å². The first-order valence-corrected chi connectivity index (χ1v) is 8.43. The number of benzene rings is 1. The first-order valence-electron chi connectivity index (χ1n) is 8.43. The van der Waals surface area contributed by atoms with E-state index in [-0.39, 0.29) is 18.6 Å². The molecule has 6 nitrogen and oxygen atoms in total. The third kappa shape index (κ3) is 5.23. The lowest BCUT2D eigenvalue weighted by atomic mass is 9.96. The van der Waals surface area contributed by atoms with Gasteiger partial charge in [-0.2, -0.15) is 0 Å². The minimum absolute atomic E-state index is 0.00377. The second-order valence-electron chi connectivity index (χ2n) is 6.48. The predicted octanol–water partition coefficient (Wildman–Crippen LogP) is 1.84. The van der Waals surface area contributed by atoms with Crippen LogP contribution in [0, 0.1) is 5.92 Å². The topological polar surface area (TPSA) is 75.9 Å². The standard InChI is InChI=1S/C18H27N3O3/c1-14(19)17(22)21-10-8-15(9-11-21)12-20(2)18(23)24-13-16-6-4-3-5-7-16/h3-7,14-15H,8-13,19H2,1-2H3. The molecule has 0 saturated carbocycles. The molecule has 2 rings (SSSR count). The van der Waals surface area contributed by atoms with E-state index >= 15 is 0 Å². The molecule has 24 heavy (non-hydrogen) atoms. The Morgan fingerprint density at radius 3 is 2.50 bits per heavy atom. The summed E-state index contributed by atoms with van der Waals surface area (Å²) in [6.45, 7) is 4.06. The normalized spacial score (nSPS) is 16.5. The van der Waals surface area contributed by atoms with Crippen molar-refractivity contribution in [1.29, 1.82) is 0 Å². The summed E-state index contributed by atoms with van der Waals surface area (Å²) in [5, 5.41) is 0. The molecule has 1 aromatic carbocycles. The van der Waals surface area contributed by atoms with Crippen molar-refractivity contribution < 1.29 is 14.3 Å². The molecule has 6 heteroatoms. The molecule has 1 heterocycles. The van der Waals surface area contributed by atoms with Crippen molar-refractivity contribution in [3.05, 3.63) is 35.9 Å². The molecule has 0 aromatic heterocycles. The first kappa shape index (κ1) is 18.3. The highest BCUT2D eigenvalue weighted by molar-refractivity contribution is 5.81. The fourth-order valence-corrected chi connectivity index (χ4v) is 2.92. The molecule has 1 unspecified atom stereocenters. The van der Waals surface area contributed by atoms with Crippen LogP contribution < -0.4 is 5.73 Å². The van der Waals surface area contributed by atoms with Crippen LogP contribution in [0.15, 0.2) is 30.3 Å². The maximum absolute atomic E-state index is 12.1. The van der Waals surface area contributed by atoms with Gasteiger partial charge in [-0.25, -0.2) is 4.79 Å². The molecular weight excluding hydrogens is 306 g/mol. The van der Waals surface area contributed by atoms with Gasteiger partial charge in [-0.05, 0) is 31.2 Å². The Labute approximate surface area is 143 Å². The lowest BCUT2D eigenvalue weighted by Crippen LogP contribution is -2.47. The molecule has 132 valence electrons. The smallest absolute Gasteiger partial charge is 0.409 e. The zero-order valence-corrected chi connectivity index (χ0v) is 14.5. The lowest BCUT2D eigenvalue weighted by molar-refractivity contribution is -0.133. The van der Waals surface area contributed by atoms with E-state index in [9.17, 15) is 9.59 Å². The Kier molecular flexibility index (Phi) is 6.61. The van der Waals surface area contributed by atoms with Crippen LogP contribution in [0.1, 0.15) is 25.3 Å². The van der Waals surface area contributed by atoms with Gasteiger partial charge in [0, 0.05) is 26.7 Å². The van der Waals surface area contributed by atoms with Gasteiger partial charge in [0.25, 0.3) is 0 Å². The van der Waals surface area contributed by atoms with E-state index in [0.717, 1.165) is 18.4 Å².